The number of nitrogens with zero attached hydrogens (tertiary/aromatic N) is 2. The van der Waals surface area contributed by atoms with Gasteiger partial charge in [0.15, 0.2) is 6.04 Å². The molecule has 12 heteroatoms. The quantitative estimate of drug-likeness (QED) is 0.259. The van der Waals surface area contributed by atoms with E-state index < -0.39 is 46.2 Å². The van der Waals surface area contributed by atoms with Crippen molar-refractivity contribution in [2.75, 3.05) is 19.6 Å². The van der Waals surface area contributed by atoms with Gasteiger partial charge in [0.25, 0.3) is 0 Å². The Morgan fingerprint density at radius 2 is 1.77 bits per heavy atom. The lowest BCUT2D eigenvalue weighted by Gasteiger charge is -2.37. The zero-order valence-corrected chi connectivity index (χ0v) is 24.0. The first kappa shape index (κ1) is 32.5. The lowest BCUT2D eigenvalue weighted by molar-refractivity contribution is -0.784. The van der Waals surface area contributed by atoms with Crippen molar-refractivity contribution in [2.24, 2.45) is 11.5 Å². The molecule has 222 valence electrons. The number of unbranched alkanes of at least 4 members (excludes halogenated alkanes) is 1. The van der Waals surface area contributed by atoms with Crippen molar-refractivity contribution in [1.82, 2.24) is 10.2 Å². The zero-order valence-electron chi connectivity index (χ0n) is 24.0. The topological polar surface area (TPSA) is 171 Å². The van der Waals surface area contributed by atoms with Gasteiger partial charge in [0, 0.05) is 32.4 Å². The van der Waals surface area contributed by atoms with Crippen LogP contribution in [-0.4, -0.2) is 76.7 Å². The number of rotatable bonds is 12. The molecular formula is C28H44N5O7+. The van der Waals surface area contributed by atoms with Gasteiger partial charge in [-0.05, 0) is 52.5 Å². The number of imide groups is 1. The monoisotopic (exact) mass is 562 g/mol. The third kappa shape index (κ3) is 9.22. The third-order valence-corrected chi connectivity index (χ3v) is 6.93. The standard InChI is InChI=1S/C28H43N5O7/c1-20-11-10-18-33(20,25(30)36)24(35)22(14-15-23(29)34)32(27(38)39-19-21-12-6-5-7-13-21)17-9-8-16-31-26(37)40-28(2,3)4/h5-7,12-13,20,22H,8-11,14-19H2,1-4H3,(H4-,29,30,31,34,36,37)/p+1/t20-,22-,33?/m1/s1. The van der Waals surface area contributed by atoms with E-state index in [1.54, 1.807) is 39.8 Å². The summed E-state index contributed by atoms with van der Waals surface area (Å²) in [6.45, 7) is 7.60. The first-order chi connectivity index (χ1) is 18.8. The van der Waals surface area contributed by atoms with Gasteiger partial charge in [-0.1, -0.05) is 30.3 Å². The van der Waals surface area contributed by atoms with Gasteiger partial charge in [-0.25, -0.2) is 19.2 Å². The van der Waals surface area contributed by atoms with Crippen LogP contribution in [0.2, 0.25) is 0 Å². The molecule has 2 rings (SSSR count). The fraction of sp³-hybridized carbons (Fsp3) is 0.607. The molecule has 0 saturated carbocycles. The number of amides is 6. The largest absolute Gasteiger partial charge is 0.445 e. The maximum Gasteiger partial charge on any atom is 0.421 e. The molecule has 0 bridgehead atoms. The summed E-state index contributed by atoms with van der Waals surface area (Å²) in [6, 6.07) is 6.73. The summed E-state index contributed by atoms with van der Waals surface area (Å²) in [5, 5.41) is 2.66. The number of nitrogens with two attached hydrogens (primary N) is 2. The van der Waals surface area contributed by atoms with Crippen molar-refractivity contribution in [1.29, 1.82) is 0 Å². The first-order valence-corrected chi connectivity index (χ1v) is 13.7. The van der Waals surface area contributed by atoms with E-state index in [0.29, 0.717) is 25.7 Å². The second-order valence-corrected chi connectivity index (χ2v) is 11.2. The highest BCUT2D eigenvalue weighted by atomic mass is 16.6. The van der Waals surface area contributed by atoms with Gasteiger partial charge in [0.2, 0.25) is 5.91 Å². The fourth-order valence-corrected chi connectivity index (χ4v) is 4.89. The Kier molecular flexibility index (Phi) is 11.9. The van der Waals surface area contributed by atoms with Gasteiger partial charge < -0.3 is 26.3 Å². The number of hydrogen-bond acceptors (Lipinski definition) is 7. The number of nitrogens with one attached hydrogen (secondary N) is 1. The lowest BCUT2D eigenvalue weighted by Crippen LogP contribution is -2.67. The van der Waals surface area contributed by atoms with E-state index in [0.717, 1.165) is 5.56 Å². The summed E-state index contributed by atoms with van der Waals surface area (Å²) >= 11 is 0. The molecule has 3 atom stereocenters. The Labute approximate surface area is 235 Å². The van der Waals surface area contributed by atoms with Crippen LogP contribution < -0.4 is 16.8 Å². The maximum absolute atomic E-state index is 14.1. The molecule has 40 heavy (non-hydrogen) atoms. The number of primary amides is 2. The lowest BCUT2D eigenvalue weighted by atomic mass is 10.0. The van der Waals surface area contributed by atoms with E-state index >= 15 is 0 Å². The summed E-state index contributed by atoms with van der Waals surface area (Å²) in [4.78, 5) is 65.1. The average Bonchev–Trinajstić information content (AvgIpc) is 3.27. The fourth-order valence-electron chi connectivity index (χ4n) is 4.89. The smallest absolute Gasteiger partial charge is 0.421 e. The average molecular weight is 563 g/mol. The number of carbonyl (C=O) groups excluding carboxylic acids is 5. The summed E-state index contributed by atoms with van der Waals surface area (Å²) < 4.78 is 10.2. The molecule has 1 saturated heterocycles. The second-order valence-electron chi connectivity index (χ2n) is 11.2. The van der Waals surface area contributed by atoms with Crippen LogP contribution >= 0.6 is 0 Å². The summed E-state index contributed by atoms with van der Waals surface area (Å²) in [5.74, 6) is -1.20. The van der Waals surface area contributed by atoms with Gasteiger partial charge in [-0.15, -0.1) is 0 Å². The number of quaternary nitrogens is 1. The highest BCUT2D eigenvalue weighted by molar-refractivity contribution is 5.89. The van der Waals surface area contributed by atoms with Gasteiger partial charge in [0.1, 0.15) is 18.2 Å². The number of urea groups is 1. The summed E-state index contributed by atoms with van der Waals surface area (Å²) in [7, 11) is 0. The molecule has 6 amide bonds. The number of hydrogen-bond donors (Lipinski definition) is 3. The minimum atomic E-state index is -1.16. The molecule has 0 radical (unpaired) electrons. The molecule has 0 aliphatic carbocycles. The minimum absolute atomic E-state index is 0.0284. The maximum atomic E-state index is 14.1. The normalized spacial score (nSPS) is 19.4. The summed E-state index contributed by atoms with van der Waals surface area (Å²) in [6.07, 6.45) is 0.516. The van der Waals surface area contributed by atoms with E-state index in [-0.39, 0.29) is 45.1 Å². The Bertz CT molecular complexity index is 1040. The zero-order chi connectivity index (χ0) is 29.9. The van der Waals surface area contributed by atoms with Gasteiger partial charge in [-0.2, -0.15) is 4.48 Å². The first-order valence-electron chi connectivity index (χ1n) is 13.7. The Balaban J connectivity index is 2.25. The van der Waals surface area contributed by atoms with Crippen molar-refractivity contribution >= 4 is 30.0 Å². The van der Waals surface area contributed by atoms with Crippen LogP contribution in [0.1, 0.15) is 71.8 Å². The number of ether oxygens (including phenoxy) is 2. The molecule has 1 unspecified atom stereocenters. The van der Waals surface area contributed by atoms with Crippen LogP contribution in [0.3, 0.4) is 0 Å². The minimum Gasteiger partial charge on any atom is -0.445 e. The highest BCUT2D eigenvalue weighted by Crippen LogP contribution is 2.30. The van der Waals surface area contributed by atoms with Crippen molar-refractivity contribution in [3.05, 3.63) is 35.9 Å². The van der Waals surface area contributed by atoms with Gasteiger partial charge in [-0.3, -0.25) is 9.69 Å². The van der Waals surface area contributed by atoms with E-state index in [1.165, 1.54) is 4.90 Å². The van der Waals surface area contributed by atoms with Crippen molar-refractivity contribution in [3.63, 3.8) is 0 Å². The Morgan fingerprint density at radius 1 is 1.10 bits per heavy atom. The van der Waals surface area contributed by atoms with E-state index in [2.05, 4.69) is 5.32 Å². The predicted octanol–water partition coefficient (Wildman–Crippen LogP) is 3.17. The Hall–Kier alpha value is -3.67. The van der Waals surface area contributed by atoms with Crippen molar-refractivity contribution < 1.29 is 37.9 Å². The van der Waals surface area contributed by atoms with Crippen molar-refractivity contribution in [3.8, 4) is 0 Å². The predicted molar refractivity (Wildman–Crippen MR) is 147 cm³/mol. The molecule has 12 nitrogen and oxygen atoms in total. The van der Waals surface area contributed by atoms with Crippen LogP contribution in [0, 0.1) is 0 Å². The van der Waals surface area contributed by atoms with Gasteiger partial charge >= 0.3 is 24.1 Å². The molecule has 1 fully saturated rings. The number of likely N-dealkylation sites (tertiary alicyclic amines) is 1. The molecule has 1 aliphatic heterocycles. The second kappa shape index (κ2) is 14.6. The van der Waals surface area contributed by atoms with Crippen LogP contribution in [0.15, 0.2) is 30.3 Å². The van der Waals surface area contributed by atoms with Crippen LogP contribution in [-0.2, 0) is 25.7 Å². The van der Waals surface area contributed by atoms with Crippen LogP contribution in [0.4, 0.5) is 14.4 Å². The number of alkyl carbamates (subject to hydrolysis) is 1. The van der Waals surface area contributed by atoms with Crippen LogP contribution in [0.25, 0.3) is 0 Å². The molecule has 1 aliphatic rings. The molecule has 1 aromatic carbocycles. The van der Waals surface area contributed by atoms with Gasteiger partial charge in [0.05, 0.1) is 6.54 Å². The molecule has 1 aromatic rings. The molecule has 5 N–H and O–H groups in total. The SMILES string of the molecule is C[C@@H]1CCC[N+]1(C(N)=O)C(=O)[C@@H](CCC(N)=O)N(CCCCNC(=O)OC(C)(C)C)C(=O)OCc1ccccc1. The van der Waals surface area contributed by atoms with E-state index in [4.69, 9.17) is 20.9 Å². The van der Waals surface area contributed by atoms with E-state index in [1.807, 2.05) is 18.2 Å². The summed E-state index contributed by atoms with van der Waals surface area (Å²) in [5.41, 5.74) is 11.3. The molecule has 0 aromatic heterocycles. The van der Waals surface area contributed by atoms with Crippen LogP contribution in [0.5, 0.6) is 0 Å². The molecule has 0 spiro atoms. The van der Waals surface area contributed by atoms with Crippen molar-refractivity contribution in [2.45, 2.75) is 90.5 Å². The third-order valence-electron chi connectivity index (χ3n) is 6.93. The Morgan fingerprint density at radius 3 is 2.33 bits per heavy atom. The number of carbonyl (C=O) groups is 5. The molecular weight excluding hydrogens is 518 g/mol. The van der Waals surface area contributed by atoms with E-state index in [9.17, 15) is 24.0 Å². The highest BCUT2D eigenvalue weighted by Gasteiger charge is 2.55. The molecule has 1 heterocycles. The number of benzene rings is 1.